The lowest BCUT2D eigenvalue weighted by atomic mass is 9.90. The Morgan fingerprint density at radius 3 is 2.58 bits per heavy atom. The molecule has 0 saturated carbocycles. The van der Waals surface area contributed by atoms with E-state index in [0.717, 1.165) is 45.6 Å². The summed E-state index contributed by atoms with van der Waals surface area (Å²) in [5, 5.41) is 8.86. The van der Waals surface area contributed by atoms with Gasteiger partial charge in [-0.3, -0.25) is 9.69 Å². The number of hydrogen-bond acceptors (Lipinski definition) is 4. The molecule has 0 aliphatic carbocycles. The molecule has 5 heteroatoms. The molecule has 2 saturated heterocycles. The van der Waals surface area contributed by atoms with Crippen molar-refractivity contribution >= 4 is 5.91 Å². The number of nitrogens with zero attached hydrogens (tertiary/aromatic N) is 3. The van der Waals surface area contributed by atoms with Crippen molar-refractivity contribution in [2.24, 2.45) is 5.92 Å². The molecule has 24 heavy (non-hydrogen) atoms. The summed E-state index contributed by atoms with van der Waals surface area (Å²) in [4.78, 5) is 16.1. The molecule has 2 aliphatic heterocycles. The van der Waals surface area contributed by atoms with Gasteiger partial charge in [0, 0.05) is 19.6 Å². The Balaban J connectivity index is 1.48. The molecule has 2 fully saturated rings. The first-order valence-corrected chi connectivity index (χ1v) is 8.80. The average molecular weight is 327 g/mol. The van der Waals surface area contributed by atoms with Crippen molar-refractivity contribution in [3.8, 4) is 6.07 Å². The third-order valence-electron chi connectivity index (χ3n) is 5.20. The van der Waals surface area contributed by atoms with E-state index in [1.807, 2.05) is 36.1 Å². The summed E-state index contributed by atoms with van der Waals surface area (Å²) in [6.45, 7) is 6.84. The Hall–Kier alpha value is -1.90. The Labute approximate surface area is 143 Å². The number of rotatable bonds is 4. The standard InChI is InChI=1S/C19H25N3O2/c1-2-22-13-18(24-14-19(22)23)17-7-9-21(10-8-17)12-16-5-3-15(11-20)4-6-16/h3-6,17-18H,2,7-10,12-14H2,1H3. The third kappa shape index (κ3) is 3.95. The Kier molecular flexibility index (Phi) is 5.49. The number of likely N-dealkylation sites (tertiary alicyclic amines) is 1. The Morgan fingerprint density at radius 2 is 1.96 bits per heavy atom. The van der Waals surface area contributed by atoms with Crippen molar-refractivity contribution in [2.45, 2.75) is 32.4 Å². The second-order valence-corrected chi connectivity index (χ2v) is 6.70. The van der Waals surface area contributed by atoms with Gasteiger partial charge >= 0.3 is 0 Å². The van der Waals surface area contributed by atoms with Gasteiger partial charge in [0.25, 0.3) is 0 Å². The number of piperidine rings is 1. The molecule has 0 aromatic heterocycles. The minimum Gasteiger partial charge on any atom is -0.366 e. The van der Waals surface area contributed by atoms with E-state index in [1.54, 1.807) is 0 Å². The number of ether oxygens (including phenoxy) is 1. The minimum atomic E-state index is 0.118. The molecule has 0 radical (unpaired) electrons. The van der Waals surface area contributed by atoms with Gasteiger partial charge in [0.15, 0.2) is 0 Å². The van der Waals surface area contributed by atoms with E-state index in [2.05, 4.69) is 11.0 Å². The highest BCUT2D eigenvalue weighted by atomic mass is 16.5. The van der Waals surface area contributed by atoms with Gasteiger partial charge in [-0.05, 0) is 56.5 Å². The molecule has 1 amide bonds. The first kappa shape index (κ1) is 16.9. The van der Waals surface area contributed by atoms with E-state index in [0.29, 0.717) is 11.5 Å². The third-order valence-corrected chi connectivity index (χ3v) is 5.20. The van der Waals surface area contributed by atoms with Crippen LogP contribution >= 0.6 is 0 Å². The van der Waals surface area contributed by atoms with Gasteiger partial charge in [0.2, 0.25) is 5.91 Å². The molecule has 5 nitrogen and oxygen atoms in total. The number of likely N-dealkylation sites (N-methyl/N-ethyl adjacent to an activating group) is 1. The fourth-order valence-corrected chi connectivity index (χ4v) is 3.66. The number of morpholine rings is 1. The number of hydrogen-bond donors (Lipinski definition) is 0. The smallest absolute Gasteiger partial charge is 0.248 e. The van der Waals surface area contributed by atoms with Gasteiger partial charge in [-0.15, -0.1) is 0 Å². The van der Waals surface area contributed by atoms with E-state index in [9.17, 15) is 4.79 Å². The first-order valence-electron chi connectivity index (χ1n) is 8.80. The van der Waals surface area contributed by atoms with Gasteiger partial charge in [-0.2, -0.15) is 5.26 Å². The fraction of sp³-hybridized carbons (Fsp3) is 0.579. The molecule has 0 bridgehead atoms. The average Bonchev–Trinajstić information content (AvgIpc) is 2.63. The number of carbonyl (C=O) groups is 1. The van der Waals surface area contributed by atoms with Crippen LogP contribution in [0.25, 0.3) is 0 Å². The van der Waals surface area contributed by atoms with Gasteiger partial charge in [-0.25, -0.2) is 0 Å². The SMILES string of the molecule is CCN1CC(C2CCN(Cc3ccc(C#N)cc3)CC2)OCC1=O. The molecule has 0 spiro atoms. The van der Waals surface area contributed by atoms with E-state index < -0.39 is 0 Å². The topological polar surface area (TPSA) is 56.6 Å². The summed E-state index contributed by atoms with van der Waals surface area (Å²) in [6, 6.07) is 10.0. The van der Waals surface area contributed by atoms with Crippen LogP contribution in [0.2, 0.25) is 0 Å². The Morgan fingerprint density at radius 1 is 1.25 bits per heavy atom. The van der Waals surface area contributed by atoms with Crippen molar-refractivity contribution in [3.05, 3.63) is 35.4 Å². The summed E-state index contributed by atoms with van der Waals surface area (Å²) < 4.78 is 5.80. The van der Waals surface area contributed by atoms with Crippen LogP contribution in [0.5, 0.6) is 0 Å². The van der Waals surface area contributed by atoms with Crippen LogP contribution in [-0.2, 0) is 16.1 Å². The van der Waals surface area contributed by atoms with Crippen molar-refractivity contribution < 1.29 is 9.53 Å². The summed E-state index contributed by atoms with van der Waals surface area (Å²) in [7, 11) is 0. The van der Waals surface area contributed by atoms with Crippen LogP contribution < -0.4 is 0 Å². The molecule has 2 aliphatic rings. The molecular weight excluding hydrogens is 302 g/mol. The normalized spacial score (nSPS) is 23.2. The van der Waals surface area contributed by atoms with Gasteiger partial charge < -0.3 is 9.64 Å². The monoisotopic (exact) mass is 327 g/mol. The van der Waals surface area contributed by atoms with E-state index in [1.165, 1.54) is 5.56 Å². The first-order chi connectivity index (χ1) is 11.7. The van der Waals surface area contributed by atoms with Crippen molar-refractivity contribution in [1.29, 1.82) is 5.26 Å². The molecule has 1 aromatic rings. The zero-order valence-electron chi connectivity index (χ0n) is 14.3. The van der Waals surface area contributed by atoms with E-state index in [-0.39, 0.29) is 18.6 Å². The number of carbonyl (C=O) groups excluding carboxylic acids is 1. The maximum atomic E-state index is 11.7. The second kappa shape index (κ2) is 7.78. The van der Waals surface area contributed by atoms with Crippen LogP contribution in [-0.4, -0.2) is 54.6 Å². The predicted octanol–water partition coefficient (Wildman–Crippen LogP) is 2.02. The highest BCUT2D eigenvalue weighted by Gasteiger charge is 2.33. The lowest BCUT2D eigenvalue weighted by Crippen LogP contribution is -2.50. The summed E-state index contributed by atoms with van der Waals surface area (Å²) in [5.41, 5.74) is 1.96. The molecule has 1 atom stereocenters. The Bertz CT molecular complexity index is 600. The van der Waals surface area contributed by atoms with E-state index >= 15 is 0 Å². The summed E-state index contributed by atoms with van der Waals surface area (Å²) in [6.07, 6.45) is 2.43. The molecule has 1 aromatic carbocycles. The van der Waals surface area contributed by atoms with Crippen molar-refractivity contribution in [2.75, 3.05) is 32.8 Å². The number of amides is 1. The van der Waals surface area contributed by atoms with Crippen LogP contribution in [0.1, 0.15) is 30.9 Å². The largest absolute Gasteiger partial charge is 0.366 e. The minimum absolute atomic E-state index is 0.118. The quantitative estimate of drug-likeness (QED) is 0.849. The molecule has 0 N–H and O–H groups in total. The van der Waals surface area contributed by atoms with Crippen LogP contribution in [0.4, 0.5) is 0 Å². The lowest BCUT2D eigenvalue weighted by Gasteiger charge is -2.40. The van der Waals surface area contributed by atoms with Crippen LogP contribution in [0.15, 0.2) is 24.3 Å². The molecule has 2 heterocycles. The van der Waals surface area contributed by atoms with E-state index in [4.69, 9.17) is 10.00 Å². The maximum absolute atomic E-state index is 11.7. The zero-order chi connectivity index (χ0) is 16.9. The molecule has 3 rings (SSSR count). The maximum Gasteiger partial charge on any atom is 0.248 e. The molecule has 128 valence electrons. The second-order valence-electron chi connectivity index (χ2n) is 6.70. The number of benzene rings is 1. The van der Waals surface area contributed by atoms with Crippen LogP contribution in [0, 0.1) is 17.2 Å². The highest BCUT2D eigenvalue weighted by molar-refractivity contribution is 5.78. The number of nitriles is 1. The molecular formula is C19H25N3O2. The van der Waals surface area contributed by atoms with Gasteiger partial charge in [-0.1, -0.05) is 12.1 Å². The zero-order valence-corrected chi connectivity index (χ0v) is 14.3. The predicted molar refractivity (Wildman–Crippen MR) is 91.2 cm³/mol. The highest BCUT2D eigenvalue weighted by Crippen LogP contribution is 2.26. The lowest BCUT2D eigenvalue weighted by molar-refractivity contribution is -0.153. The van der Waals surface area contributed by atoms with Crippen molar-refractivity contribution in [3.63, 3.8) is 0 Å². The van der Waals surface area contributed by atoms with Gasteiger partial charge in [0.05, 0.1) is 17.7 Å². The summed E-state index contributed by atoms with van der Waals surface area (Å²) >= 11 is 0. The van der Waals surface area contributed by atoms with Crippen molar-refractivity contribution in [1.82, 2.24) is 9.80 Å². The fourth-order valence-electron chi connectivity index (χ4n) is 3.66. The van der Waals surface area contributed by atoms with Crippen LogP contribution in [0.3, 0.4) is 0 Å². The van der Waals surface area contributed by atoms with Gasteiger partial charge in [0.1, 0.15) is 6.61 Å². The summed E-state index contributed by atoms with van der Waals surface area (Å²) in [5.74, 6) is 0.663. The molecule has 1 unspecified atom stereocenters.